The van der Waals surface area contributed by atoms with Gasteiger partial charge in [-0.2, -0.15) is 0 Å². The summed E-state index contributed by atoms with van der Waals surface area (Å²) in [5.41, 5.74) is 0.217. The van der Waals surface area contributed by atoms with Gasteiger partial charge in [0, 0.05) is 11.3 Å². The van der Waals surface area contributed by atoms with Gasteiger partial charge in [-0.15, -0.1) is 11.3 Å². The molecule has 1 aliphatic carbocycles. The fourth-order valence-corrected chi connectivity index (χ4v) is 4.04. The second-order valence-corrected chi connectivity index (χ2v) is 7.35. The van der Waals surface area contributed by atoms with Crippen LogP contribution in [0.5, 0.6) is 0 Å². The van der Waals surface area contributed by atoms with Gasteiger partial charge in [0.1, 0.15) is 5.41 Å². The number of esters is 1. The predicted octanol–water partition coefficient (Wildman–Crippen LogP) is 4.81. The molecule has 1 aromatic heterocycles. The fourth-order valence-electron chi connectivity index (χ4n) is 2.88. The summed E-state index contributed by atoms with van der Waals surface area (Å²) in [5.74, 6) is 0.404. The van der Waals surface area contributed by atoms with Gasteiger partial charge in [0.2, 0.25) is 0 Å². The molecule has 1 saturated carbocycles. The molecular weight excluding hydrogens is 282 g/mol. The highest BCUT2D eigenvalue weighted by molar-refractivity contribution is 7.09. The molecule has 1 aromatic rings. The van der Waals surface area contributed by atoms with Crippen LogP contribution in [-0.4, -0.2) is 17.6 Å². The molecular formula is C17H27NO2S. The third-order valence-electron chi connectivity index (χ3n) is 4.40. The molecule has 118 valence electrons. The summed E-state index contributed by atoms with van der Waals surface area (Å²) < 4.78 is 5.18. The maximum atomic E-state index is 12.1. The van der Waals surface area contributed by atoms with Crippen molar-refractivity contribution in [2.75, 3.05) is 6.61 Å². The summed E-state index contributed by atoms with van der Waals surface area (Å²) in [4.78, 5) is 16.9. The number of hydrogen-bond donors (Lipinski definition) is 0. The van der Waals surface area contributed by atoms with Crippen LogP contribution in [0.25, 0.3) is 0 Å². The third-order valence-corrected chi connectivity index (χ3v) is 5.41. The normalized spacial score (nSPS) is 18.0. The molecule has 0 amide bonds. The van der Waals surface area contributed by atoms with Gasteiger partial charge in [-0.3, -0.25) is 4.79 Å². The van der Waals surface area contributed by atoms with Crippen molar-refractivity contribution in [2.45, 2.75) is 77.0 Å². The van der Waals surface area contributed by atoms with Crippen LogP contribution in [0, 0.1) is 0 Å². The van der Waals surface area contributed by atoms with Crippen molar-refractivity contribution in [3.63, 3.8) is 0 Å². The molecule has 0 N–H and O–H groups in total. The van der Waals surface area contributed by atoms with Gasteiger partial charge in [0.05, 0.1) is 17.3 Å². The van der Waals surface area contributed by atoms with Crippen molar-refractivity contribution in [1.82, 2.24) is 4.98 Å². The highest BCUT2D eigenvalue weighted by Gasteiger charge is 2.34. The minimum Gasteiger partial charge on any atom is -0.465 e. The van der Waals surface area contributed by atoms with Gasteiger partial charge >= 0.3 is 5.97 Å². The molecule has 3 nitrogen and oxygen atoms in total. The van der Waals surface area contributed by atoms with Crippen LogP contribution >= 0.6 is 11.3 Å². The van der Waals surface area contributed by atoms with E-state index in [1.54, 1.807) is 11.3 Å². The van der Waals surface area contributed by atoms with Gasteiger partial charge < -0.3 is 4.74 Å². The van der Waals surface area contributed by atoms with E-state index in [9.17, 15) is 4.79 Å². The number of nitrogens with zero attached hydrogens (tertiary/aromatic N) is 1. The Labute approximate surface area is 132 Å². The minimum absolute atomic E-state index is 0.181. The molecule has 0 spiro atoms. The molecule has 0 bridgehead atoms. The van der Waals surface area contributed by atoms with Crippen molar-refractivity contribution in [1.29, 1.82) is 0 Å². The Morgan fingerprint density at radius 1 is 1.29 bits per heavy atom. The third kappa shape index (κ3) is 4.06. The average molecular weight is 309 g/mol. The lowest BCUT2D eigenvalue weighted by molar-refractivity contribution is -0.148. The second-order valence-electron chi connectivity index (χ2n) is 6.46. The molecule has 0 aliphatic heterocycles. The van der Waals surface area contributed by atoms with Crippen LogP contribution in [0.1, 0.15) is 82.3 Å². The molecule has 0 saturated heterocycles. The van der Waals surface area contributed by atoms with E-state index in [2.05, 4.69) is 0 Å². The van der Waals surface area contributed by atoms with Crippen molar-refractivity contribution in [3.8, 4) is 0 Å². The first-order valence-corrected chi connectivity index (χ1v) is 9.06. The topological polar surface area (TPSA) is 39.2 Å². The highest BCUT2D eigenvalue weighted by atomic mass is 32.1. The number of rotatable bonds is 4. The largest absolute Gasteiger partial charge is 0.465 e. The molecule has 21 heavy (non-hydrogen) atoms. The summed E-state index contributed by atoms with van der Waals surface area (Å²) in [6.07, 6.45) is 9.18. The smallest absolute Gasteiger partial charge is 0.317 e. The van der Waals surface area contributed by atoms with E-state index in [1.807, 2.05) is 26.2 Å². The molecule has 4 heteroatoms. The van der Waals surface area contributed by atoms with Gasteiger partial charge in [0.15, 0.2) is 0 Å². The van der Waals surface area contributed by atoms with Gasteiger partial charge in [0.25, 0.3) is 0 Å². The maximum Gasteiger partial charge on any atom is 0.317 e. The van der Waals surface area contributed by atoms with E-state index in [0.717, 1.165) is 5.69 Å². The standard InChI is InChI=1S/C17H27NO2S/c1-4-20-16(19)17(2,3)14-12-21-15(18-14)13-10-8-6-5-7-9-11-13/h12-13H,4-11H2,1-3H3. The number of carbonyl (C=O) groups is 1. The van der Waals surface area contributed by atoms with Crippen LogP contribution in [-0.2, 0) is 14.9 Å². The Balaban J connectivity index is 2.10. The Hall–Kier alpha value is -0.900. The Morgan fingerprint density at radius 2 is 1.90 bits per heavy atom. The SMILES string of the molecule is CCOC(=O)C(C)(C)c1csc(C2CCCCCCC2)n1. The van der Waals surface area contributed by atoms with Crippen LogP contribution < -0.4 is 0 Å². The van der Waals surface area contributed by atoms with Crippen molar-refractivity contribution in [3.05, 3.63) is 16.1 Å². The summed E-state index contributed by atoms with van der Waals surface area (Å²) >= 11 is 1.72. The zero-order valence-electron chi connectivity index (χ0n) is 13.5. The predicted molar refractivity (Wildman–Crippen MR) is 86.8 cm³/mol. The van der Waals surface area contributed by atoms with E-state index >= 15 is 0 Å². The van der Waals surface area contributed by atoms with E-state index < -0.39 is 5.41 Å². The first-order chi connectivity index (χ1) is 10.1. The first kappa shape index (κ1) is 16.5. The number of ether oxygens (including phenoxy) is 1. The van der Waals surface area contributed by atoms with E-state index in [-0.39, 0.29) is 5.97 Å². The number of carbonyl (C=O) groups excluding carboxylic acids is 1. The number of thiazole rings is 1. The van der Waals surface area contributed by atoms with Crippen molar-refractivity contribution < 1.29 is 9.53 Å². The van der Waals surface area contributed by atoms with Gasteiger partial charge in [-0.1, -0.05) is 32.1 Å². The van der Waals surface area contributed by atoms with Gasteiger partial charge in [-0.25, -0.2) is 4.98 Å². The molecule has 0 unspecified atom stereocenters. The van der Waals surface area contributed by atoms with Crippen molar-refractivity contribution in [2.24, 2.45) is 0 Å². The zero-order chi connectivity index (χ0) is 15.3. The summed E-state index contributed by atoms with van der Waals surface area (Å²) in [7, 11) is 0. The lowest BCUT2D eigenvalue weighted by Gasteiger charge is -2.20. The zero-order valence-corrected chi connectivity index (χ0v) is 14.3. The van der Waals surface area contributed by atoms with E-state index in [0.29, 0.717) is 12.5 Å². The maximum absolute atomic E-state index is 12.1. The van der Waals surface area contributed by atoms with E-state index in [1.165, 1.54) is 50.0 Å². The Bertz CT molecular complexity index is 459. The molecule has 2 rings (SSSR count). The van der Waals surface area contributed by atoms with Gasteiger partial charge in [-0.05, 0) is 33.6 Å². The number of hydrogen-bond acceptors (Lipinski definition) is 4. The second kappa shape index (κ2) is 7.39. The van der Waals surface area contributed by atoms with Crippen LogP contribution in [0.4, 0.5) is 0 Å². The highest BCUT2D eigenvalue weighted by Crippen LogP contribution is 2.35. The Morgan fingerprint density at radius 3 is 2.52 bits per heavy atom. The molecule has 1 aliphatic rings. The lowest BCUT2D eigenvalue weighted by atomic mass is 9.89. The summed E-state index contributed by atoms with van der Waals surface area (Å²) in [6.45, 7) is 6.07. The molecule has 1 fully saturated rings. The molecule has 1 heterocycles. The van der Waals surface area contributed by atoms with E-state index in [4.69, 9.17) is 9.72 Å². The summed E-state index contributed by atoms with van der Waals surface area (Å²) in [5, 5.41) is 3.26. The number of aromatic nitrogens is 1. The lowest BCUT2D eigenvalue weighted by Crippen LogP contribution is -2.31. The minimum atomic E-state index is -0.646. The monoisotopic (exact) mass is 309 g/mol. The average Bonchev–Trinajstić information content (AvgIpc) is 2.88. The fraction of sp³-hybridized carbons (Fsp3) is 0.765. The van der Waals surface area contributed by atoms with Crippen LogP contribution in [0.3, 0.4) is 0 Å². The molecule has 0 atom stereocenters. The quantitative estimate of drug-likeness (QED) is 0.749. The first-order valence-electron chi connectivity index (χ1n) is 8.18. The Kier molecular flexibility index (Phi) is 5.80. The van der Waals surface area contributed by atoms with Crippen LogP contribution in [0.15, 0.2) is 5.38 Å². The summed E-state index contributed by atoms with van der Waals surface area (Å²) in [6, 6.07) is 0. The molecule has 0 aromatic carbocycles. The van der Waals surface area contributed by atoms with Crippen LogP contribution in [0.2, 0.25) is 0 Å². The molecule has 0 radical (unpaired) electrons. The van der Waals surface area contributed by atoms with Crippen molar-refractivity contribution >= 4 is 17.3 Å².